The number of allylic oxidation sites excluding steroid dienone is 1. The van der Waals surface area contributed by atoms with Gasteiger partial charge in [-0.1, -0.05) is 6.08 Å². The van der Waals surface area contributed by atoms with Crippen molar-refractivity contribution in [2.45, 2.75) is 44.8 Å². The minimum absolute atomic E-state index is 0.108. The highest BCUT2D eigenvalue weighted by Crippen LogP contribution is 2.42. The third kappa shape index (κ3) is 2.85. The highest BCUT2D eigenvalue weighted by molar-refractivity contribution is 5.95. The number of rotatable bonds is 2. The Labute approximate surface area is 171 Å². The van der Waals surface area contributed by atoms with Crippen LogP contribution in [0.4, 0.5) is 0 Å². The van der Waals surface area contributed by atoms with Gasteiger partial charge in [0.15, 0.2) is 0 Å². The first kappa shape index (κ1) is 18.3. The van der Waals surface area contributed by atoms with Crippen molar-refractivity contribution in [2.24, 2.45) is 0 Å². The Kier molecular flexibility index (Phi) is 4.21. The van der Waals surface area contributed by atoms with Gasteiger partial charge in [-0.3, -0.25) is 4.79 Å². The van der Waals surface area contributed by atoms with Crippen molar-refractivity contribution in [3.63, 3.8) is 0 Å². The number of carbonyl (C=O) groups excluding carboxylic acids is 1. The molecule has 6 heteroatoms. The molecule has 152 valence electrons. The topological polar surface area (TPSA) is 62.3 Å². The second kappa shape index (κ2) is 6.66. The van der Waals surface area contributed by atoms with Gasteiger partial charge in [-0.25, -0.2) is 0 Å². The highest BCUT2D eigenvalue weighted by atomic mass is 16.5. The molecule has 3 aliphatic rings. The molecule has 1 fully saturated rings. The van der Waals surface area contributed by atoms with Gasteiger partial charge < -0.3 is 24.5 Å². The van der Waals surface area contributed by atoms with Crippen LogP contribution >= 0.6 is 0 Å². The summed E-state index contributed by atoms with van der Waals surface area (Å²) < 4.78 is 7.88. The summed E-state index contributed by atoms with van der Waals surface area (Å²) in [5.74, 6) is 0.129. The number of nitrogens with zero attached hydrogens (tertiary/aromatic N) is 2. The Morgan fingerprint density at radius 3 is 2.76 bits per heavy atom. The summed E-state index contributed by atoms with van der Waals surface area (Å²) in [6.45, 7) is 5.43. The van der Waals surface area contributed by atoms with Crippen molar-refractivity contribution in [3.05, 3.63) is 64.9 Å². The van der Waals surface area contributed by atoms with E-state index in [4.69, 9.17) is 4.74 Å². The third-order valence-electron chi connectivity index (χ3n) is 6.63. The number of fused-ring (bicyclic) bond motifs is 4. The smallest absolute Gasteiger partial charge is 0.255 e. The van der Waals surface area contributed by atoms with E-state index in [1.54, 1.807) is 7.11 Å². The van der Waals surface area contributed by atoms with E-state index < -0.39 is 0 Å². The summed E-state index contributed by atoms with van der Waals surface area (Å²) in [5, 5.41) is 3.84. The molecule has 2 aliphatic heterocycles. The van der Waals surface area contributed by atoms with Crippen molar-refractivity contribution < 1.29 is 9.53 Å². The van der Waals surface area contributed by atoms with Crippen LogP contribution < -0.4 is 5.32 Å². The second-order valence-electron chi connectivity index (χ2n) is 8.43. The number of piperidine rings is 1. The monoisotopic (exact) mass is 392 g/mol. The fourth-order valence-electron chi connectivity index (χ4n) is 5.07. The van der Waals surface area contributed by atoms with Gasteiger partial charge in [-0.05, 0) is 57.4 Å². The first-order valence-corrected chi connectivity index (χ1v) is 10.4. The number of hydrogen-bond donors (Lipinski definition) is 2. The lowest BCUT2D eigenvalue weighted by molar-refractivity contribution is 0.0637. The Balaban J connectivity index is 1.41. The number of methoxy groups -OCH3 is 1. The van der Waals surface area contributed by atoms with E-state index in [1.165, 1.54) is 11.4 Å². The SMILES string of the molecule is COC1C=C2NC3(CCN(C(=O)c4cc(C)[nH]c4C)CC3)c3cccn3C2=CC1. The largest absolute Gasteiger partial charge is 0.377 e. The maximum absolute atomic E-state index is 13.1. The van der Waals surface area contributed by atoms with Crippen LogP contribution in [0.5, 0.6) is 0 Å². The van der Waals surface area contributed by atoms with Crippen LogP contribution in [0.25, 0.3) is 5.70 Å². The summed E-state index contributed by atoms with van der Waals surface area (Å²) in [7, 11) is 1.76. The van der Waals surface area contributed by atoms with Gasteiger partial charge >= 0.3 is 0 Å². The molecule has 1 aliphatic carbocycles. The zero-order valence-corrected chi connectivity index (χ0v) is 17.3. The van der Waals surface area contributed by atoms with Crippen LogP contribution in [0, 0.1) is 13.8 Å². The predicted octanol–water partition coefficient (Wildman–Crippen LogP) is 3.31. The number of aromatic amines is 1. The molecule has 4 heterocycles. The van der Waals surface area contributed by atoms with E-state index in [0.717, 1.165) is 55.0 Å². The maximum atomic E-state index is 13.1. The van der Waals surface area contributed by atoms with E-state index in [9.17, 15) is 4.79 Å². The Morgan fingerprint density at radius 2 is 2.07 bits per heavy atom. The van der Waals surface area contributed by atoms with Crippen molar-refractivity contribution >= 4 is 11.6 Å². The Bertz CT molecular complexity index is 1020. The summed E-state index contributed by atoms with van der Waals surface area (Å²) >= 11 is 0. The zero-order chi connectivity index (χ0) is 20.2. The van der Waals surface area contributed by atoms with E-state index in [-0.39, 0.29) is 17.6 Å². The third-order valence-corrected chi connectivity index (χ3v) is 6.63. The number of amides is 1. The van der Waals surface area contributed by atoms with E-state index in [1.807, 2.05) is 24.8 Å². The average molecular weight is 393 g/mol. The Morgan fingerprint density at radius 1 is 1.28 bits per heavy atom. The predicted molar refractivity (Wildman–Crippen MR) is 112 cm³/mol. The number of ether oxygens (including phenoxy) is 1. The first-order chi connectivity index (χ1) is 14.0. The maximum Gasteiger partial charge on any atom is 0.255 e. The molecule has 0 aromatic carbocycles. The lowest BCUT2D eigenvalue weighted by Gasteiger charge is -2.48. The van der Waals surface area contributed by atoms with Crippen molar-refractivity contribution in [3.8, 4) is 0 Å². The fraction of sp³-hybridized carbons (Fsp3) is 0.435. The molecule has 0 saturated carbocycles. The van der Waals surface area contributed by atoms with Crippen LogP contribution in [0.1, 0.15) is 46.7 Å². The zero-order valence-electron chi connectivity index (χ0n) is 17.3. The summed E-state index contributed by atoms with van der Waals surface area (Å²) in [5.41, 5.74) is 6.26. The van der Waals surface area contributed by atoms with Gasteiger partial charge in [-0.2, -0.15) is 0 Å². The molecule has 1 saturated heterocycles. The number of hydrogen-bond acceptors (Lipinski definition) is 3. The molecule has 0 bridgehead atoms. The van der Waals surface area contributed by atoms with Gasteiger partial charge in [0.2, 0.25) is 0 Å². The molecule has 1 unspecified atom stereocenters. The first-order valence-electron chi connectivity index (χ1n) is 10.4. The van der Waals surface area contributed by atoms with Crippen LogP contribution in [-0.4, -0.2) is 46.7 Å². The van der Waals surface area contributed by atoms with Crippen LogP contribution in [0.2, 0.25) is 0 Å². The molecule has 29 heavy (non-hydrogen) atoms. The summed E-state index contributed by atoms with van der Waals surface area (Å²) in [4.78, 5) is 18.3. The standard InChI is InChI=1S/C23H28N4O2/c1-15-13-18(16(2)24-15)22(28)26-11-8-23(9-12-26)21-5-4-10-27(21)20-7-6-17(29-3)14-19(20)25-23/h4-5,7,10,13-14,17,24-25H,6,8-9,11-12H2,1-3H3. The van der Waals surface area contributed by atoms with Crippen LogP contribution in [0.15, 0.2) is 42.2 Å². The normalized spacial score (nSPS) is 22.4. The van der Waals surface area contributed by atoms with E-state index in [2.05, 4.69) is 45.3 Å². The number of aryl methyl sites for hydroxylation is 2. The Hall–Kier alpha value is -2.73. The van der Waals surface area contributed by atoms with Crippen molar-refractivity contribution in [1.82, 2.24) is 19.8 Å². The number of nitrogens with one attached hydrogen (secondary N) is 2. The van der Waals surface area contributed by atoms with Gasteiger partial charge in [0, 0.05) is 43.5 Å². The summed E-state index contributed by atoms with van der Waals surface area (Å²) in [6, 6.07) is 6.29. The van der Waals surface area contributed by atoms with Crippen LogP contribution in [0.3, 0.4) is 0 Å². The molecular formula is C23H28N4O2. The lowest BCUT2D eigenvalue weighted by atomic mass is 9.81. The van der Waals surface area contributed by atoms with Crippen molar-refractivity contribution in [1.29, 1.82) is 0 Å². The van der Waals surface area contributed by atoms with Gasteiger partial charge in [0.25, 0.3) is 5.91 Å². The average Bonchev–Trinajstić information content (AvgIpc) is 3.35. The molecule has 1 amide bonds. The van der Waals surface area contributed by atoms with Crippen LogP contribution in [-0.2, 0) is 10.3 Å². The van der Waals surface area contributed by atoms with Gasteiger partial charge in [-0.15, -0.1) is 0 Å². The quantitative estimate of drug-likeness (QED) is 0.824. The van der Waals surface area contributed by atoms with E-state index in [0.29, 0.717) is 0 Å². The van der Waals surface area contributed by atoms with Crippen molar-refractivity contribution in [2.75, 3.05) is 20.2 Å². The lowest BCUT2D eigenvalue weighted by Crippen LogP contribution is -2.55. The molecular weight excluding hydrogens is 364 g/mol. The molecule has 0 radical (unpaired) electrons. The molecule has 2 aromatic rings. The van der Waals surface area contributed by atoms with Gasteiger partial charge in [0.05, 0.1) is 28.6 Å². The highest BCUT2D eigenvalue weighted by Gasteiger charge is 2.44. The molecule has 1 atom stereocenters. The molecule has 6 nitrogen and oxygen atoms in total. The minimum atomic E-state index is -0.151. The second-order valence-corrected chi connectivity index (χ2v) is 8.43. The number of carbonyl (C=O) groups is 1. The number of aromatic nitrogens is 2. The fourth-order valence-corrected chi connectivity index (χ4v) is 5.07. The molecule has 2 aromatic heterocycles. The molecule has 2 N–H and O–H groups in total. The van der Waals surface area contributed by atoms with E-state index >= 15 is 0 Å². The summed E-state index contributed by atoms with van der Waals surface area (Å²) in [6.07, 6.45) is 9.36. The molecule has 5 rings (SSSR count). The van der Waals surface area contributed by atoms with Gasteiger partial charge in [0.1, 0.15) is 0 Å². The minimum Gasteiger partial charge on any atom is -0.377 e. The molecule has 1 spiro atoms. The number of H-pyrrole nitrogens is 1. The number of likely N-dealkylation sites (tertiary alicyclic amines) is 1.